The minimum absolute atomic E-state index is 0.148. The van der Waals surface area contributed by atoms with Gasteiger partial charge >= 0.3 is 6.18 Å². The zero-order chi connectivity index (χ0) is 20.9. The van der Waals surface area contributed by atoms with Crippen LogP contribution in [0.2, 0.25) is 0 Å². The normalized spacial score (nSPS) is 15.4. The quantitative estimate of drug-likeness (QED) is 0.382. The monoisotopic (exact) mass is 440 g/mol. The molecule has 2 aromatic carbocycles. The van der Waals surface area contributed by atoms with Crippen molar-refractivity contribution < 1.29 is 17.9 Å². The fourth-order valence-corrected chi connectivity index (χ4v) is 3.14. The van der Waals surface area contributed by atoms with Crippen LogP contribution in [0.3, 0.4) is 0 Å². The number of ether oxygens (including phenoxy) is 1. The molecule has 0 aliphatic heterocycles. The fourth-order valence-electron chi connectivity index (χ4n) is 3.02. The molecule has 0 fully saturated rings. The van der Waals surface area contributed by atoms with Crippen LogP contribution in [0.5, 0.6) is 5.75 Å². The Bertz CT molecular complexity index is 947. The van der Waals surface area contributed by atoms with Gasteiger partial charge in [0, 0.05) is 11.1 Å². The van der Waals surface area contributed by atoms with Crippen LogP contribution in [0.25, 0.3) is 0 Å². The van der Waals surface area contributed by atoms with Gasteiger partial charge in [0.15, 0.2) is 0 Å². The van der Waals surface area contributed by atoms with Crippen molar-refractivity contribution in [3.63, 3.8) is 0 Å². The molecular formula is C21H17Cl2F3N2O. The van der Waals surface area contributed by atoms with Gasteiger partial charge in [0.2, 0.25) is 0 Å². The van der Waals surface area contributed by atoms with E-state index in [-0.39, 0.29) is 11.1 Å². The standard InChI is InChI=1S/C21H17Cl2F3N2O/c22-20(23)11-12-29-19-6-2-3-16-17(19)4-1-5-18(16)28-27-13-14-7-9-15(10-8-14)21(24,25)26/h2-3,6-11,13H,1,4-5,12H2/b27-13+,28-18+. The van der Waals surface area contributed by atoms with Crippen molar-refractivity contribution in [2.24, 2.45) is 10.2 Å². The molecule has 3 rings (SSSR count). The zero-order valence-corrected chi connectivity index (χ0v) is 16.7. The van der Waals surface area contributed by atoms with Crippen molar-refractivity contribution in [3.05, 3.63) is 75.3 Å². The largest absolute Gasteiger partial charge is 0.489 e. The molecule has 3 nitrogen and oxygen atoms in total. The maximum Gasteiger partial charge on any atom is 0.416 e. The van der Waals surface area contributed by atoms with Crippen molar-refractivity contribution in [1.82, 2.24) is 0 Å². The first kappa shape index (κ1) is 21.4. The number of benzene rings is 2. The molecule has 152 valence electrons. The Labute approximate surface area is 176 Å². The highest BCUT2D eigenvalue weighted by molar-refractivity contribution is 6.55. The summed E-state index contributed by atoms with van der Waals surface area (Å²) in [5.41, 5.74) is 2.66. The minimum atomic E-state index is -4.35. The van der Waals surface area contributed by atoms with E-state index in [9.17, 15) is 13.2 Å². The van der Waals surface area contributed by atoms with Gasteiger partial charge in [-0.2, -0.15) is 23.4 Å². The third-order valence-corrected chi connectivity index (χ3v) is 4.69. The summed E-state index contributed by atoms with van der Waals surface area (Å²) in [4.78, 5) is 0. The molecule has 2 aromatic rings. The molecule has 29 heavy (non-hydrogen) atoms. The van der Waals surface area contributed by atoms with Crippen LogP contribution in [0.4, 0.5) is 13.2 Å². The Morgan fingerprint density at radius 3 is 2.52 bits per heavy atom. The van der Waals surface area contributed by atoms with E-state index in [0.717, 1.165) is 54.0 Å². The Balaban J connectivity index is 1.77. The SMILES string of the molecule is FC(F)(F)c1ccc(/C=N/N=C2\CCCc3c(OCC=C(Cl)Cl)cccc32)cc1. The average molecular weight is 441 g/mol. The number of fused-ring (bicyclic) bond motifs is 1. The number of rotatable bonds is 5. The first-order valence-electron chi connectivity index (χ1n) is 8.88. The molecule has 0 saturated heterocycles. The van der Waals surface area contributed by atoms with Gasteiger partial charge in [-0.15, -0.1) is 0 Å². The highest BCUT2D eigenvalue weighted by Gasteiger charge is 2.29. The van der Waals surface area contributed by atoms with Crippen LogP contribution in [-0.4, -0.2) is 18.5 Å². The predicted octanol–water partition coefficient (Wildman–Crippen LogP) is 6.56. The van der Waals surface area contributed by atoms with Crippen molar-refractivity contribution >= 4 is 35.1 Å². The van der Waals surface area contributed by atoms with Crippen LogP contribution in [-0.2, 0) is 12.6 Å². The van der Waals surface area contributed by atoms with Gasteiger partial charge in [-0.05, 0) is 49.1 Å². The summed E-state index contributed by atoms with van der Waals surface area (Å²) in [6.07, 6.45) is 1.16. The Kier molecular flexibility index (Phi) is 6.98. The maximum atomic E-state index is 12.6. The predicted molar refractivity (Wildman–Crippen MR) is 110 cm³/mol. The lowest BCUT2D eigenvalue weighted by Gasteiger charge is -2.20. The van der Waals surface area contributed by atoms with E-state index in [1.165, 1.54) is 18.3 Å². The lowest BCUT2D eigenvalue weighted by atomic mass is 9.89. The van der Waals surface area contributed by atoms with Crippen LogP contribution >= 0.6 is 23.2 Å². The number of hydrogen-bond donors (Lipinski definition) is 0. The van der Waals surface area contributed by atoms with Gasteiger partial charge in [-0.1, -0.05) is 47.5 Å². The summed E-state index contributed by atoms with van der Waals surface area (Å²) in [6.45, 7) is 0.261. The second-order valence-electron chi connectivity index (χ2n) is 6.35. The Morgan fingerprint density at radius 2 is 1.83 bits per heavy atom. The van der Waals surface area contributed by atoms with E-state index in [1.54, 1.807) is 6.08 Å². The van der Waals surface area contributed by atoms with Crippen LogP contribution in [0.15, 0.2) is 63.2 Å². The van der Waals surface area contributed by atoms with Gasteiger partial charge < -0.3 is 4.74 Å². The number of hydrogen-bond acceptors (Lipinski definition) is 3. The van der Waals surface area contributed by atoms with Gasteiger partial charge in [0.05, 0.1) is 17.5 Å². The second kappa shape index (κ2) is 9.46. The summed E-state index contributed by atoms with van der Waals surface area (Å²) in [6, 6.07) is 10.5. The molecule has 0 unspecified atom stereocenters. The third-order valence-electron chi connectivity index (χ3n) is 4.38. The van der Waals surface area contributed by atoms with Crippen molar-refractivity contribution in [2.45, 2.75) is 25.4 Å². The third kappa shape index (κ3) is 5.84. The molecule has 1 aliphatic carbocycles. The van der Waals surface area contributed by atoms with E-state index in [4.69, 9.17) is 27.9 Å². The smallest absolute Gasteiger partial charge is 0.416 e. The Morgan fingerprint density at radius 1 is 1.07 bits per heavy atom. The molecule has 0 saturated carbocycles. The molecule has 0 bridgehead atoms. The van der Waals surface area contributed by atoms with E-state index in [1.807, 2.05) is 18.2 Å². The minimum Gasteiger partial charge on any atom is -0.489 e. The number of alkyl halides is 3. The van der Waals surface area contributed by atoms with Crippen LogP contribution in [0, 0.1) is 0 Å². The van der Waals surface area contributed by atoms with E-state index >= 15 is 0 Å². The highest BCUT2D eigenvalue weighted by atomic mass is 35.5. The van der Waals surface area contributed by atoms with Gasteiger partial charge in [-0.25, -0.2) is 0 Å². The molecular weight excluding hydrogens is 424 g/mol. The summed E-state index contributed by atoms with van der Waals surface area (Å²) >= 11 is 11.2. The van der Waals surface area contributed by atoms with Gasteiger partial charge in [-0.3, -0.25) is 0 Å². The molecule has 0 spiro atoms. The van der Waals surface area contributed by atoms with Crippen LogP contribution in [0.1, 0.15) is 35.1 Å². The molecule has 0 N–H and O–H groups in total. The highest BCUT2D eigenvalue weighted by Crippen LogP contribution is 2.31. The first-order chi connectivity index (χ1) is 13.8. The number of nitrogens with zero attached hydrogens (tertiary/aromatic N) is 2. The summed E-state index contributed by atoms with van der Waals surface area (Å²) in [7, 11) is 0. The Hall–Kier alpha value is -2.31. The van der Waals surface area contributed by atoms with Crippen LogP contribution < -0.4 is 4.74 Å². The maximum absolute atomic E-state index is 12.6. The molecule has 0 radical (unpaired) electrons. The van der Waals surface area contributed by atoms with Crippen molar-refractivity contribution in [1.29, 1.82) is 0 Å². The van der Waals surface area contributed by atoms with Gasteiger partial charge in [0.25, 0.3) is 0 Å². The van der Waals surface area contributed by atoms with Gasteiger partial charge in [0.1, 0.15) is 16.8 Å². The van der Waals surface area contributed by atoms with Crippen molar-refractivity contribution in [2.75, 3.05) is 6.61 Å². The second-order valence-corrected chi connectivity index (χ2v) is 7.36. The lowest BCUT2D eigenvalue weighted by molar-refractivity contribution is -0.137. The summed E-state index contributed by atoms with van der Waals surface area (Å²) in [5, 5.41) is 8.36. The molecule has 0 amide bonds. The first-order valence-corrected chi connectivity index (χ1v) is 9.63. The average Bonchev–Trinajstić information content (AvgIpc) is 2.68. The lowest BCUT2D eigenvalue weighted by Crippen LogP contribution is -2.13. The van der Waals surface area contributed by atoms with Crippen molar-refractivity contribution in [3.8, 4) is 5.75 Å². The topological polar surface area (TPSA) is 34.0 Å². The van der Waals surface area contributed by atoms with E-state index in [2.05, 4.69) is 10.2 Å². The molecule has 1 aliphatic rings. The molecule has 0 heterocycles. The zero-order valence-electron chi connectivity index (χ0n) is 15.2. The molecule has 0 atom stereocenters. The van der Waals surface area contributed by atoms with E-state index < -0.39 is 11.7 Å². The molecule has 0 aromatic heterocycles. The number of halogens is 5. The summed E-state index contributed by atoms with van der Waals surface area (Å²) in [5.74, 6) is 0.743. The fraction of sp³-hybridized carbons (Fsp3) is 0.238. The molecule has 8 heteroatoms. The van der Waals surface area contributed by atoms with E-state index in [0.29, 0.717) is 5.56 Å². The summed E-state index contributed by atoms with van der Waals surface area (Å²) < 4.78 is 43.8.